The fraction of sp³-hybridized carbons (Fsp3) is 0.375. The third-order valence-electron chi connectivity index (χ3n) is 3.14. The maximum atomic E-state index is 9.55. The molecule has 0 amide bonds. The summed E-state index contributed by atoms with van der Waals surface area (Å²) >= 11 is 3.44. The number of aryl methyl sites for hydroxylation is 1. The summed E-state index contributed by atoms with van der Waals surface area (Å²) in [5, 5.41) is 17.3. The highest BCUT2D eigenvalue weighted by molar-refractivity contribution is 9.10. The molecule has 0 fully saturated rings. The molecule has 1 unspecified atom stereocenters. The van der Waals surface area contributed by atoms with E-state index in [2.05, 4.69) is 53.2 Å². The monoisotopic (exact) mass is 346 g/mol. The number of benzene rings is 1. The molecule has 1 aromatic carbocycles. The van der Waals surface area contributed by atoms with Crippen molar-refractivity contribution in [1.29, 1.82) is 5.26 Å². The zero-order valence-corrected chi connectivity index (χ0v) is 14.3. The predicted molar refractivity (Wildman–Crippen MR) is 88.0 cm³/mol. The van der Waals surface area contributed by atoms with Gasteiger partial charge in [-0.15, -0.1) is 0 Å². The lowest BCUT2D eigenvalue weighted by Gasteiger charge is -2.20. The normalized spacial score (nSPS) is 12.8. The van der Waals surface area contributed by atoms with Crippen molar-refractivity contribution in [2.24, 2.45) is 7.05 Å². The molecule has 1 heterocycles. The van der Waals surface area contributed by atoms with Crippen molar-refractivity contribution in [3.8, 4) is 6.07 Å². The van der Waals surface area contributed by atoms with Crippen LogP contribution in [0.1, 0.15) is 38.1 Å². The van der Waals surface area contributed by atoms with Gasteiger partial charge in [0.1, 0.15) is 6.04 Å². The van der Waals surface area contributed by atoms with Gasteiger partial charge < -0.3 is 5.32 Å². The third kappa shape index (κ3) is 3.64. The quantitative estimate of drug-likeness (QED) is 0.907. The van der Waals surface area contributed by atoms with E-state index in [1.165, 1.54) is 0 Å². The van der Waals surface area contributed by atoms with Crippen molar-refractivity contribution in [3.63, 3.8) is 0 Å². The number of rotatable bonds is 3. The number of anilines is 1. The van der Waals surface area contributed by atoms with E-state index in [9.17, 15) is 5.26 Å². The minimum atomic E-state index is -0.428. The standard InChI is InChI=1S/C16H19BrN4/c1-16(2,3)15-13(10-21(4)20-15)14(9-18)19-12-7-5-6-11(17)8-12/h5-8,10,14,19H,1-4H3. The zero-order valence-electron chi connectivity index (χ0n) is 12.7. The van der Waals surface area contributed by atoms with Gasteiger partial charge in [-0.25, -0.2) is 0 Å². The summed E-state index contributed by atoms with van der Waals surface area (Å²) in [6.45, 7) is 6.31. The summed E-state index contributed by atoms with van der Waals surface area (Å²) in [6.07, 6.45) is 1.92. The van der Waals surface area contributed by atoms with Gasteiger partial charge in [0.2, 0.25) is 0 Å². The molecule has 0 saturated carbocycles. The summed E-state index contributed by atoms with van der Waals surface area (Å²) in [4.78, 5) is 0. The number of hydrogen-bond donors (Lipinski definition) is 1. The van der Waals surface area contributed by atoms with Crippen LogP contribution in [-0.4, -0.2) is 9.78 Å². The van der Waals surface area contributed by atoms with Crippen molar-refractivity contribution in [2.75, 3.05) is 5.32 Å². The molecule has 2 aromatic rings. The summed E-state index contributed by atoms with van der Waals surface area (Å²) < 4.78 is 2.74. The predicted octanol–water partition coefficient (Wildman–Crippen LogP) is 4.16. The van der Waals surface area contributed by atoms with Gasteiger partial charge in [-0.1, -0.05) is 42.8 Å². The first-order valence-corrected chi connectivity index (χ1v) is 7.56. The Morgan fingerprint density at radius 3 is 2.67 bits per heavy atom. The average Bonchev–Trinajstić information content (AvgIpc) is 2.78. The van der Waals surface area contributed by atoms with E-state index < -0.39 is 6.04 Å². The van der Waals surface area contributed by atoms with E-state index >= 15 is 0 Å². The Labute approximate surface area is 133 Å². The number of halogens is 1. The number of nitrogens with zero attached hydrogens (tertiary/aromatic N) is 3. The molecule has 110 valence electrons. The molecule has 0 radical (unpaired) electrons. The maximum Gasteiger partial charge on any atom is 0.143 e. The Balaban J connectivity index is 2.37. The second-order valence-electron chi connectivity index (χ2n) is 6.07. The van der Waals surface area contributed by atoms with E-state index in [0.717, 1.165) is 21.4 Å². The molecule has 0 aliphatic rings. The molecule has 1 N–H and O–H groups in total. The van der Waals surface area contributed by atoms with E-state index in [0.29, 0.717) is 0 Å². The van der Waals surface area contributed by atoms with Crippen LogP contribution in [0.15, 0.2) is 34.9 Å². The lowest BCUT2D eigenvalue weighted by molar-refractivity contribution is 0.547. The average molecular weight is 347 g/mol. The Bertz CT molecular complexity index is 676. The molecule has 0 saturated heterocycles. The fourth-order valence-electron chi connectivity index (χ4n) is 2.23. The Kier molecular flexibility index (Phi) is 4.38. The molecule has 2 rings (SSSR count). The van der Waals surface area contributed by atoms with Gasteiger partial charge in [-0.2, -0.15) is 10.4 Å². The molecule has 5 heteroatoms. The van der Waals surface area contributed by atoms with Crippen molar-refractivity contribution >= 4 is 21.6 Å². The van der Waals surface area contributed by atoms with Crippen molar-refractivity contribution in [1.82, 2.24) is 9.78 Å². The minimum absolute atomic E-state index is 0.107. The minimum Gasteiger partial charge on any atom is -0.366 e. The molecule has 1 atom stereocenters. The first-order valence-electron chi connectivity index (χ1n) is 6.77. The van der Waals surface area contributed by atoms with Crippen molar-refractivity contribution < 1.29 is 0 Å². The molecule has 4 nitrogen and oxygen atoms in total. The Morgan fingerprint density at radius 1 is 1.38 bits per heavy atom. The SMILES string of the molecule is Cn1cc(C(C#N)Nc2cccc(Br)c2)c(C(C)(C)C)n1. The van der Waals surface area contributed by atoms with Crippen LogP contribution in [0.5, 0.6) is 0 Å². The van der Waals surface area contributed by atoms with Gasteiger partial charge in [-0.05, 0) is 18.2 Å². The lowest BCUT2D eigenvalue weighted by atomic mass is 9.87. The molecule has 0 aliphatic carbocycles. The fourth-order valence-corrected chi connectivity index (χ4v) is 2.62. The van der Waals surface area contributed by atoms with Gasteiger partial charge >= 0.3 is 0 Å². The Hall–Kier alpha value is -1.80. The highest BCUT2D eigenvalue weighted by atomic mass is 79.9. The lowest BCUT2D eigenvalue weighted by Crippen LogP contribution is -2.18. The van der Waals surface area contributed by atoms with E-state index in [-0.39, 0.29) is 5.41 Å². The van der Waals surface area contributed by atoms with Crippen LogP contribution in [0.3, 0.4) is 0 Å². The van der Waals surface area contributed by atoms with Gasteiger partial charge in [0.15, 0.2) is 0 Å². The van der Waals surface area contributed by atoms with Gasteiger partial charge in [0.25, 0.3) is 0 Å². The molecule has 0 bridgehead atoms. The molecule has 1 aromatic heterocycles. The number of aromatic nitrogens is 2. The topological polar surface area (TPSA) is 53.6 Å². The van der Waals surface area contributed by atoms with Crippen LogP contribution in [0, 0.1) is 11.3 Å². The molecule has 0 aliphatic heterocycles. The third-order valence-corrected chi connectivity index (χ3v) is 3.64. The van der Waals surface area contributed by atoms with Crippen molar-refractivity contribution in [3.05, 3.63) is 46.2 Å². The molecular formula is C16H19BrN4. The second-order valence-corrected chi connectivity index (χ2v) is 6.99. The van der Waals surface area contributed by atoms with Crippen LogP contribution in [0.25, 0.3) is 0 Å². The second kappa shape index (κ2) is 5.90. The van der Waals surface area contributed by atoms with Gasteiger partial charge in [0, 0.05) is 34.4 Å². The highest BCUT2D eigenvalue weighted by Crippen LogP contribution is 2.30. The zero-order chi connectivity index (χ0) is 15.6. The first-order chi connectivity index (χ1) is 9.81. The summed E-state index contributed by atoms with van der Waals surface area (Å²) in [6, 6.07) is 9.70. The maximum absolute atomic E-state index is 9.55. The number of nitrogens with one attached hydrogen (secondary N) is 1. The van der Waals surface area contributed by atoms with Gasteiger partial charge in [-0.3, -0.25) is 4.68 Å². The summed E-state index contributed by atoms with van der Waals surface area (Å²) in [5.74, 6) is 0. The van der Waals surface area contributed by atoms with E-state index in [4.69, 9.17) is 0 Å². The highest BCUT2D eigenvalue weighted by Gasteiger charge is 2.26. The van der Waals surface area contributed by atoms with E-state index in [1.807, 2.05) is 37.5 Å². The molecule has 21 heavy (non-hydrogen) atoms. The molecule has 0 spiro atoms. The van der Waals surface area contributed by atoms with Crippen LogP contribution < -0.4 is 5.32 Å². The van der Waals surface area contributed by atoms with Crippen LogP contribution in [0.2, 0.25) is 0 Å². The van der Waals surface area contributed by atoms with Crippen molar-refractivity contribution in [2.45, 2.75) is 32.2 Å². The van der Waals surface area contributed by atoms with Gasteiger partial charge in [0.05, 0.1) is 11.8 Å². The first kappa shape index (κ1) is 15.6. The van der Waals surface area contributed by atoms with Crippen LogP contribution in [-0.2, 0) is 12.5 Å². The largest absolute Gasteiger partial charge is 0.366 e. The van der Waals surface area contributed by atoms with Crippen LogP contribution in [0.4, 0.5) is 5.69 Å². The number of hydrogen-bond acceptors (Lipinski definition) is 3. The van der Waals surface area contributed by atoms with Crippen LogP contribution >= 0.6 is 15.9 Å². The summed E-state index contributed by atoms with van der Waals surface area (Å²) in [7, 11) is 1.88. The molecular weight excluding hydrogens is 328 g/mol. The Morgan fingerprint density at radius 2 is 2.10 bits per heavy atom. The smallest absolute Gasteiger partial charge is 0.143 e. The van der Waals surface area contributed by atoms with E-state index in [1.54, 1.807) is 4.68 Å². The number of nitriles is 1. The summed E-state index contributed by atoms with van der Waals surface area (Å²) in [5.41, 5.74) is 2.66.